The molecule has 2 aliphatic heterocycles. The highest BCUT2D eigenvalue weighted by Gasteiger charge is 2.38. The summed E-state index contributed by atoms with van der Waals surface area (Å²) in [6, 6.07) is 3.73. The molecule has 1 fully saturated rings. The maximum absolute atomic E-state index is 12.9. The van der Waals surface area contributed by atoms with Crippen LogP contribution in [0.2, 0.25) is 0 Å². The molecule has 2 amide bonds. The first-order chi connectivity index (χ1) is 12.4. The van der Waals surface area contributed by atoms with E-state index in [1.165, 1.54) is 9.80 Å². The van der Waals surface area contributed by atoms with E-state index in [-0.39, 0.29) is 31.5 Å². The molecular formula is C19H24N2O5. The third kappa shape index (κ3) is 3.44. The van der Waals surface area contributed by atoms with E-state index in [0.29, 0.717) is 24.4 Å². The minimum absolute atomic E-state index is 0.104. The van der Waals surface area contributed by atoms with Gasteiger partial charge >= 0.3 is 5.97 Å². The Morgan fingerprint density at radius 3 is 2.54 bits per heavy atom. The van der Waals surface area contributed by atoms with Gasteiger partial charge in [-0.05, 0) is 56.9 Å². The second-order valence-electron chi connectivity index (χ2n) is 6.64. The number of carbonyl (C=O) groups excluding carboxylic acids is 3. The first-order valence-corrected chi connectivity index (χ1v) is 8.92. The number of fused-ring (bicyclic) bond motifs is 1. The lowest BCUT2D eigenvalue weighted by Gasteiger charge is -2.37. The van der Waals surface area contributed by atoms with Gasteiger partial charge in [-0.25, -0.2) is 0 Å². The van der Waals surface area contributed by atoms with Crippen LogP contribution in [0.15, 0.2) is 12.1 Å². The van der Waals surface area contributed by atoms with Crippen LogP contribution in [-0.2, 0) is 23.9 Å². The third-order valence-corrected chi connectivity index (χ3v) is 4.83. The number of aryl methyl sites for hydroxylation is 2. The van der Waals surface area contributed by atoms with Gasteiger partial charge in [0.25, 0.3) is 5.91 Å². The number of hydrogen-bond acceptors (Lipinski definition) is 5. The lowest BCUT2D eigenvalue weighted by atomic mass is 10.0. The molecule has 0 N–H and O–H groups in total. The Bertz CT molecular complexity index is 740. The van der Waals surface area contributed by atoms with E-state index in [9.17, 15) is 14.4 Å². The number of hydrogen-bond donors (Lipinski definition) is 0. The Balaban J connectivity index is 1.98. The minimum atomic E-state index is -0.506. The van der Waals surface area contributed by atoms with Crippen molar-refractivity contribution < 1.29 is 23.9 Å². The highest BCUT2D eigenvalue weighted by atomic mass is 16.5. The fourth-order valence-electron chi connectivity index (χ4n) is 3.31. The topological polar surface area (TPSA) is 76.2 Å². The molecule has 140 valence electrons. The first kappa shape index (κ1) is 18.4. The molecule has 7 heteroatoms. The zero-order chi connectivity index (χ0) is 18.8. The van der Waals surface area contributed by atoms with E-state index in [0.717, 1.165) is 17.5 Å². The summed E-state index contributed by atoms with van der Waals surface area (Å²) in [6.45, 7) is 6.16. The molecule has 7 nitrogen and oxygen atoms in total. The molecule has 0 bridgehead atoms. The molecule has 2 heterocycles. The van der Waals surface area contributed by atoms with Crippen molar-refractivity contribution in [3.8, 4) is 0 Å². The molecule has 1 aromatic rings. The number of carbonyl (C=O) groups is 3. The predicted molar refractivity (Wildman–Crippen MR) is 96.2 cm³/mol. The molecule has 0 saturated carbocycles. The summed E-state index contributed by atoms with van der Waals surface area (Å²) in [7, 11) is 0. The number of amides is 2. The molecule has 2 aliphatic rings. The molecule has 0 aliphatic carbocycles. The minimum Gasteiger partial charge on any atom is -0.465 e. The van der Waals surface area contributed by atoms with E-state index in [2.05, 4.69) is 0 Å². The van der Waals surface area contributed by atoms with Crippen molar-refractivity contribution in [2.75, 3.05) is 36.1 Å². The van der Waals surface area contributed by atoms with E-state index in [1.807, 2.05) is 26.0 Å². The van der Waals surface area contributed by atoms with Crippen molar-refractivity contribution >= 4 is 29.2 Å². The van der Waals surface area contributed by atoms with Crippen LogP contribution in [0.25, 0.3) is 0 Å². The van der Waals surface area contributed by atoms with Gasteiger partial charge < -0.3 is 9.47 Å². The molecule has 0 spiro atoms. The van der Waals surface area contributed by atoms with Crippen LogP contribution in [0.4, 0.5) is 11.4 Å². The molecule has 1 aromatic carbocycles. The fraction of sp³-hybridized carbons (Fsp3) is 0.526. The Morgan fingerprint density at radius 2 is 1.92 bits per heavy atom. The first-order valence-electron chi connectivity index (χ1n) is 8.92. The standard InChI is InChI=1S/C19H24N2O5/c1-4-25-18(23)11-20-14-8-12(2)13(3)9-15(14)21(10-17(20)22)19(24)16-6-5-7-26-16/h8-9,16H,4-7,10-11H2,1-3H3. The van der Waals surface area contributed by atoms with Crippen LogP contribution in [0.1, 0.15) is 30.9 Å². The van der Waals surface area contributed by atoms with E-state index >= 15 is 0 Å². The summed E-state index contributed by atoms with van der Waals surface area (Å²) in [5, 5.41) is 0. The van der Waals surface area contributed by atoms with Crippen molar-refractivity contribution in [2.24, 2.45) is 0 Å². The Kier molecular flexibility index (Phi) is 5.27. The van der Waals surface area contributed by atoms with Crippen LogP contribution in [0, 0.1) is 13.8 Å². The SMILES string of the molecule is CCOC(=O)CN1C(=O)CN(C(=O)C2CCCO2)c2cc(C)c(C)cc21. The summed E-state index contributed by atoms with van der Waals surface area (Å²) in [5.74, 6) is -0.972. The third-order valence-electron chi connectivity index (χ3n) is 4.83. The van der Waals surface area contributed by atoms with Crippen LogP contribution in [-0.4, -0.2) is 50.2 Å². The quantitative estimate of drug-likeness (QED) is 0.764. The summed E-state index contributed by atoms with van der Waals surface area (Å²) >= 11 is 0. The van der Waals surface area contributed by atoms with Gasteiger partial charge in [0.2, 0.25) is 5.91 Å². The van der Waals surface area contributed by atoms with Gasteiger partial charge in [0.05, 0.1) is 18.0 Å². The van der Waals surface area contributed by atoms with Crippen molar-refractivity contribution in [2.45, 2.75) is 39.7 Å². The number of benzene rings is 1. The van der Waals surface area contributed by atoms with Crippen LogP contribution < -0.4 is 9.80 Å². The second-order valence-corrected chi connectivity index (χ2v) is 6.64. The van der Waals surface area contributed by atoms with Gasteiger partial charge in [-0.1, -0.05) is 0 Å². The Morgan fingerprint density at radius 1 is 1.23 bits per heavy atom. The number of nitrogens with zero attached hydrogens (tertiary/aromatic N) is 2. The summed E-state index contributed by atoms with van der Waals surface area (Å²) < 4.78 is 10.5. The lowest BCUT2D eigenvalue weighted by Crippen LogP contribution is -2.52. The maximum atomic E-state index is 12.9. The molecule has 3 rings (SSSR count). The molecule has 1 atom stereocenters. The summed E-state index contributed by atoms with van der Waals surface area (Å²) in [4.78, 5) is 40.4. The average Bonchev–Trinajstić information content (AvgIpc) is 3.13. The summed E-state index contributed by atoms with van der Waals surface area (Å²) in [6.07, 6.45) is 0.997. The molecular weight excluding hydrogens is 336 g/mol. The smallest absolute Gasteiger partial charge is 0.326 e. The average molecular weight is 360 g/mol. The number of rotatable bonds is 4. The molecule has 1 unspecified atom stereocenters. The van der Waals surface area contributed by atoms with Gasteiger partial charge in [-0.15, -0.1) is 0 Å². The van der Waals surface area contributed by atoms with Gasteiger partial charge in [0, 0.05) is 6.61 Å². The van der Waals surface area contributed by atoms with Gasteiger partial charge in [-0.3, -0.25) is 24.2 Å². The monoisotopic (exact) mass is 360 g/mol. The zero-order valence-corrected chi connectivity index (χ0v) is 15.4. The fourth-order valence-corrected chi connectivity index (χ4v) is 3.31. The van der Waals surface area contributed by atoms with E-state index in [4.69, 9.17) is 9.47 Å². The van der Waals surface area contributed by atoms with E-state index < -0.39 is 12.1 Å². The van der Waals surface area contributed by atoms with Crippen molar-refractivity contribution in [3.63, 3.8) is 0 Å². The Hall–Kier alpha value is -2.41. The zero-order valence-electron chi connectivity index (χ0n) is 15.4. The molecule has 1 saturated heterocycles. The van der Waals surface area contributed by atoms with Gasteiger partial charge in [0.1, 0.15) is 19.2 Å². The number of anilines is 2. The van der Waals surface area contributed by atoms with Crippen LogP contribution in [0.3, 0.4) is 0 Å². The Labute approximate surface area is 152 Å². The van der Waals surface area contributed by atoms with Crippen molar-refractivity contribution in [3.05, 3.63) is 23.3 Å². The number of esters is 1. The maximum Gasteiger partial charge on any atom is 0.326 e. The highest BCUT2D eigenvalue weighted by molar-refractivity contribution is 6.13. The van der Waals surface area contributed by atoms with Gasteiger partial charge in [0.15, 0.2) is 0 Å². The van der Waals surface area contributed by atoms with Gasteiger partial charge in [-0.2, -0.15) is 0 Å². The summed E-state index contributed by atoms with van der Waals surface area (Å²) in [5.41, 5.74) is 3.19. The molecule has 26 heavy (non-hydrogen) atoms. The molecule has 0 aromatic heterocycles. The molecule has 0 radical (unpaired) electrons. The predicted octanol–water partition coefficient (Wildman–Crippen LogP) is 1.73. The normalized spacial score (nSPS) is 19.5. The van der Waals surface area contributed by atoms with Crippen molar-refractivity contribution in [1.82, 2.24) is 0 Å². The second kappa shape index (κ2) is 7.45. The highest BCUT2D eigenvalue weighted by Crippen LogP contribution is 2.37. The van der Waals surface area contributed by atoms with Crippen molar-refractivity contribution in [1.29, 1.82) is 0 Å². The van der Waals surface area contributed by atoms with Crippen LogP contribution in [0.5, 0.6) is 0 Å². The number of ether oxygens (including phenoxy) is 2. The lowest BCUT2D eigenvalue weighted by molar-refractivity contribution is -0.142. The van der Waals surface area contributed by atoms with Crippen LogP contribution >= 0.6 is 0 Å². The van der Waals surface area contributed by atoms with E-state index in [1.54, 1.807) is 6.92 Å². The largest absolute Gasteiger partial charge is 0.465 e.